The number of halogens is 1. The third-order valence-electron chi connectivity index (χ3n) is 4.00. The molecule has 1 heterocycles. The molecule has 2 rings (SSSR count). The SMILES string of the molecule is CN=C(NCC1CCCS1)NCC(C)(C)c1ccccc1.I. The number of nitrogens with zero attached hydrogens (tertiary/aromatic N) is 1. The van der Waals surface area contributed by atoms with E-state index < -0.39 is 0 Å². The minimum Gasteiger partial charge on any atom is -0.356 e. The highest BCUT2D eigenvalue weighted by molar-refractivity contribution is 14.0. The Kier molecular flexibility index (Phi) is 8.61. The van der Waals surface area contributed by atoms with Crippen LogP contribution in [0, 0.1) is 0 Å². The summed E-state index contributed by atoms with van der Waals surface area (Å²) in [5.41, 5.74) is 1.43. The van der Waals surface area contributed by atoms with Crippen molar-refractivity contribution in [3.63, 3.8) is 0 Å². The molecular weight excluding hydrogens is 405 g/mol. The van der Waals surface area contributed by atoms with E-state index in [4.69, 9.17) is 0 Å². The second-order valence-electron chi connectivity index (χ2n) is 6.19. The first kappa shape index (κ1) is 19.6. The maximum Gasteiger partial charge on any atom is 0.191 e. The standard InChI is InChI=1S/C17H27N3S.HI/c1-17(2,14-8-5-4-6-9-14)13-20-16(18-3)19-12-15-10-7-11-21-15;/h4-6,8-9,15H,7,10-13H2,1-3H3,(H2,18,19,20);1H. The molecule has 1 saturated heterocycles. The van der Waals surface area contributed by atoms with Gasteiger partial charge in [0.1, 0.15) is 0 Å². The zero-order chi connectivity index (χ0) is 15.1. The number of rotatable bonds is 5. The summed E-state index contributed by atoms with van der Waals surface area (Å²) < 4.78 is 0. The number of nitrogens with one attached hydrogen (secondary N) is 2. The normalized spacial score (nSPS) is 18.7. The van der Waals surface area contributed by atoms with Gasteiger partial charge < -0.3 is 10.6 Å². The Balaban J connectivity index is 0.00000242. The highest BCUT2D eigenvalue weighted by Crippen LogP contribution is 2.25. The number of benzene rings is 1. The van der Waals surface area contributed by atoms with Gasteiger partial charge >= 0.3 is 0 Å². The third-order valence-corrected chi connectivity index (χ3v) is 5.40. The minimum atomic E-state index is 0. The molecule has 1 unspecified atom stereocenters. The maximum absolute atomic E-state index is 4.33. The molecule has 1 aliphatic heterocycles. The number of thioether (sulfide) groups is 1. The zero-order valence-electron chi connectivity index (χ0n) is 13.8. The van der Waals surface area contributed by atoms with Crippen molar-refractivity contribution in [1.82, 2.24) is 10.6 Å². The molecule has 22 heavy (non-hydrogen) atoms. The van der Waals surface area contributed by atoms with E-state index in [0.29, 0.717) is 0 Å². The van der Waals surface area contributed by atoms with Gasteiger partial charge in [-0.15, -0.1) is 24.0 Å². The molecule has 1 aromatic carbocycles. The van der Waals surface area contributed by atoms with Crippen LogP contribution in [0.25, 0.3) is 0 Å². The fourth-order valence-electron chi connectivity index (χ4n) is 2.53. The predicted octanol–water partition coefficient (Wildman–Crippen LogP) is 3.64. The van der Waals surface area contributed by atoms with E-state index in [2.05, 4.69) is 71.6 Å². The van der Waals surface area contributed by atoms with Crippen molar-refractivity contribution in [1.29, 1.82) is 0 Å². The molecule has 0 radical (unpaired) electrons. The Hall–Kier alpha value is -0.430. The van der Waals surface area contributed by atoms with Gasteiger partial charge in [0, 0.05) is 30.8 Å². The van der Waals surface area contributed by atoms with E-state index in [1.165, 1.54) is 24.2 Å². The van der Waals surface area contributed by atoms with E-state index >= 15 is 0 Å². The molecule has 5 heteroatoms. The van der Waals surface area contributed by atoms with E-state index in [1.54, 1.807) is 0 Å². The first-order valence-electron chi connectivity index (χ1n) is 7.73. The Bertz CT molecular complexity index is 456. The van der Waals surface area contributed by atoms with Gasteiger partial charge in [0.05, 0.1) is 0 Å². The monoisotopic (exact) mass is 433 g/mol. The molecule has 1 aliphatic rings. The average molecular weight is 433 g/mol. The number of aliphatic imine (C=N–C) groups is 1. The van der Waals surface area contributed by atoms with Crippen molar-refractivity contribution in [2.45, 2.75) is 37.4 Å². The fraction of sp³-hybridized carbons (Fsp3) is 0.588. The lowest BCUT2D eigenvalue weighted by Gasteiger charge is -2.27. The van der Waals surface area contributed by atoms with Crippen LogP contribution in [0.15, 0.2) is 35.3 Å². The molecule has 1 aromatic rings. The molecule has 1 fully saturated rings. The van der Waals surface area contributed by atoms with Crippen LogP contribution in [0.4, 0.5) is 0 Å². The Morgan fingerprint density at radius 3 is 2.59 bits per heavy atom. The first-order chi connectivity index (χ1) is 10.1. The van der Waals surface area contributed by atoms with Gasteiger partial charge in [-0.25, -0.2) is 0 Å². The number of guanidine groups is 1. The molecule has 3 nitrogen and oxygen atoms in total. The van der Waals surface area contributed by atoms with Crippen molar-refractivity contribution in [2.24, 2.45) is 4.99 Å². The third kappa shape index (κ3) is 5.99. The van der Waals surface area contributed by atoms with Crippen LogP contribution in [-0.4, -0.2) is 37.1 Å². The molecule has 0 aromatic heterocycles. The lowest BCUT2D eigenvalue weighted by atomic mass is 9.85. The summed E-state index contributed by atoms with van der Waals surface area (Å²) in [6.07, 6.45) is 2.67. The Morgan fingerprint density at radius 2 is 2.00 bits per heavy atom. The second kappa shape index (κ2) is 9.65. The average Bonchev–Trinajstić information content (AvgIpc) is 3.02. The van der Waals surface area contributed by atoms with Crippen LogP contribution in [-0.2, 0) is 5.41 Å². The van der Waals surface area contributed by atoms with Crippen molar-refractivity contribution in [3.8, 4) is 0 Å². The Labute approximate surface area is 156 Å². The summed E-state index contributed by atoms with van der Waals surface area (Å²) in [6.45, 7) is 6.40. The minimum absolute atomic E-state index is 0. The van der Waals surface area contributed by atoms with Gasteiger partial charge in [-0.05, 0) is 24.2 Å². The fourth-order valence-corrected chi connectivity index (χ4v) is 3.73. The summed E-state index contributed by atoms with van der Waals surface area (Å²) in [5.74, 6) is 2.21. The van der Waals surface area contributed by atoms with Crippen LogP contribution >= 0.6 is 35.7 Å². The van der Waals surface area contributed by atoms with Gasteiger partial charge in [0.25, 0.3) is 0 Å². The van der Waals surface area contributed by atoms with Crippen LogP contribution in [0.5, 0.6) is 0 Å². The molecule has 0 bridgehead atoms. The molecule has 2 N–H and O–H groups in total. The van der Waals surface area contributed by atoms with Gasteiger partial charge in [0.15, 0.2) is 5.96 Å². The zero-order valence-corrected chi connectivity index (χ0v) is 16.9. The van der Waals surface area contributed by atoms with Gasteiger partial charge in [-0.2, -0.15) is 11.8 Å². The molecule has 0 amide bonds. The highest BCUT2D eigenvalue weighted by Gasteiger charge is 2.21. The summed E-state index contributed by atoms with van der Waals surface area (Å²) in [4.78, 5) is 4.33. The van der Waals surface area contributed by atoms with Gasteiger partial charge in [-0.1, -0.05) is 44.2 Å². The maximum atomic E-state index is 4.33. The lowest BCUT2D eigenvalue weighted by Crippen LogP contribution is -2.45. The van der Waals surface area contributed by atoms with E-state index in [9.17, 15) is 0 Å². The van der Waals surface area contributed by atoms with E-state index in [1.807, 2.05) is 7.05 Å². The molecule has 0 aliphatic carbocycles. The van der Waals surface area contributed by atoms with Crippen molar-refractivity contribution in [3.05, 3.63) is 35.9 Å². The highest BCUT2D eigenvalue weighted by atomic mass is 127. The molecule has 0 saturated carbocycles. The van der Waals surface area contributed by atoms with Gasteiger partial charge in [-0.3, -0.25) is 4.99 Å². The first-order valence-corrected chi connectivity index (χ1v) is 8.78. The topological polar surface area (TPSA) is 36.4 Å². The lowest BCUT2D eigenvalue weighted by molar-refractivity contribution is 0.508. The molecular formula is C17H28IN3S. The van der Waals surface area contributed by atoms with Crippen LogP contribution in [0.3, 0.4) is 0 Å². The predicted molar refractivity (Wildman–Crippen MR) is 110 cm³/mol. The summed E-state index contributed by atoms with van der Waals surface area (Å²) in [5, 5.41) is 7.66. The quantitative estimate of drug-likeness (QED) is 0.423. The van der Waals surface area contributed by atoms with E-state index in [0.717, 1.165) is 24.3 Å². The van der Waals surface area contributed by atoms with Crippen molar-refractivity contribution >= 4 is 41.7 Å². The number of hydrogen-bond acceptors (Lipinski definition) is 2. The van der Waals surface area contributed by atoms with Crippen molar-refractivity contribution < 1.29 is 0 Å². The molecule has 0 spiro atoms. The van der Waals surface area contributed by atoms with Gasteiger partial charge in [0.2, 0.25) is 0 Å². The summed E-state index contributed by atoms with van der Waals surface area (Å²) in [7, 11) is 1.84. The van der Waals surface area contributed by atoms with Crippen LogP contribution < -0.4 is 10.6 Å². The van der Waals surface area contributed by atoms with Crippen LogP contribution in [0.2, 0.25) is 0 Å². The van der Waals surface area contributed by atoms with Crippen molar-refractivity contribution in [2.75, 3.05) is 25.9 Å². The summed E-state index contributed by atoms with van der Waals surface area (Å²) >= 11 is 2.07. The summed E-state index contributed by atoms with van der Waals surface area (Å²) in [6, 6.07) is 10.6. The molecule has 1 atom stereocenters. The van der Waals surface area contributed by atoms with E-state index in [-0.39, 0.29) is 29.4 Å². The largest absolute Gasteiger partial charge is 0.356 e. The Morgan fingerprint density at radius 1 is 1.27 bits per heavy atom. The smallest absolute Gasteiger partial charge is 0.191 e. The number of hydrogen-bond donors (Lipinski definition) is 2. The second-order valence-corrected chi connectivity index (χ2v) is 7.60. The van der Waals surface area contributed by atoms with Crippen LogP contribution in [0.1, 0.15) is 32.3 Å². The molecule has 124 valence electrons.